The number of aldehydes is 1. The summed E-state index contributed by atoms with van der Waals surface area (Å²) >= 11 is 0. The Bertz CT molecular complexity index is 476. The lowest BCUT2D eigenvalue weighted by atomic mass is 10.2. The number of carboxylic acids is 1. The number of benzene rings is 1. The molecule has 0 saturated carbocycles. The van der Waals surface area contributed by atoms with E-state index in [1.165, 1.54) is 17.0 Å². The van der Waals surface area contributed by atoms with Crippen LogP contribution in [0.1, 0.15) is 6.42 Å². The van der Waals surface area contributed by atoms with Gasteiger partial charge in [-0.05, 0) is 12.1 Å². The molecule has 0 aliphatic heterocycles. The molecule has 0 saturated heterocycles. The third-order valence-corrected chi connectivity index (χ3v) is 2.31. The van der Waals surface area contributed by atoms with Crippen LogP contribution in [0.4, 0.5) is 18.9 Å². The highest BCUT2D eigenvalue weighted by Crippen LogP contribution is 2.26. The Kier molecular flexibility index (Phi) is 5.36. The van der Waals surface area contributed by atoms with Crippen molar-refractivity contribution in [2.24, 2.45) is 0 Å². The van der Waals surface area contributed by atoms with Gasteiger partial charge in [-0.25, -0.2) is 0 Å². The quantitative estimate of drug-likeness (QED) is 0.779. The molecule has 0 unspecified atom stereocenters. The molecule has 20 heavy (non-hydrogen) atoms. The Morgan fingerprint density at radius 1 is 1.40 bits per heavy atom. The molecule has 5 nitrogen and oxygen atoms in total. The van der Waals surface area contributed by atoms with E-state index in [2.05, 4.69) is 4.74 Å². The highest BCUT2D eigenvalue weighted by molar-refractivity contribution is 5.69. The number of alkyl halides is 3. The predicted octanol–water partition coefficient (Wildman–Crippen LogP) is 2.07. The first-order chi connectivity index (χ1) is 9.31. The van der Waals surface area contributed by atoms with Crippen molar-refractivity contribution in [3.63, 3.8) is 0 Å². The highest BCUT2D eigenvalue weighted by Gasteiger charge is 2.31. The van der Waals surface area contributed by atoms with Crippen LogP contribution in [0.5, 0.6) is 5.75 Å². The van der Waals surface area contributed by atoms with E-state index >= 15 is 0 Å². The smallest absolute Gasteiger partial charge is 0.481 e. The molecule has 0 aromatic heterocycles. The van der Waals surface area contributed by atoms with Gasteiger partial charge in [0.15, 0.2) is 0 Å². The second kappa shape index (κ2) is 6.78. The van der Waals surface area contributed by atoms with E-state index in [1.807, 2.05) is 0 Å². The van der Waals surface area contributed by atoms with Gasteiger partial charge < -0.3 is 19.5 Å². The van der Waals surface area contributed by atoms with Gasteiger partial charge in [0.25, 0.3) is 0 Å². The van der Waals surface area contributed by atoms with Crippen molar-refractivity contribution in [2.45, 2.75) is 12.8 Å². The lowest BCUT2D eigenvalue weighted by Crippen LogP contribution is -2.28. The molecular weight excluding hydrogens is 279 g/mol. The van der Waals surface area contributed by atoms with Crippen molar-refractivity contribution < 1.29 is 32.6 Å². The van der Waals surface area contributed by atoms with E-state index in [-0.39, 0.29) is 25.2 Å². The van der Waals surface area contributed by atoms with Crippen LogP contribution in [0.25, 0.3) is 0 Å². The number of hydrogen-bond donors (Lipinski definition) is 1. The molecule has 0 fully saturated rings. The van der Waals surface area contributed by atoms with E-state index < -0.39 is 18.1 Å². The summed E-state index contributed by atoms with van der Waals surface area (Å²) in [7, 11) is 0. The third kappa shape index (κ3) is 5.59. The van der Waals surface area contributed by atoms with Crippen LogP contribution in [0.2, 0.25) is 0 Å². The van der Waals surface area contributed by atoms with Gasteiger partial charge in [-0.1, -0.05) is 6.07 Å². The van der Waals surface area contributed by atoms with Gasteiger partial charge in [0.2, 0.25) is 0 Å². The van der Waals surface area contributed by atoms with E-state index in [0.717, 1.165) is 12.1 Å². The van der Waals surface area contributed by atoms with Gasteiger partial charge in [0, 0.05) is 18.3 Å². The topological polar surface area (TPSA) is 66.8 Å². The fraction of sp³-hybridized carbons (Fsp3) is 0.333. The summed E-state index contributed by atoms with van der Waals surface area (Å²) in [6.07, 6.45) is -4.51. The number of ether oxygens (including phenoxy) is 1. The van der Waals surface area contributed by atoms with E-state index in [1.54, 1.807) is 0 Å². The molecule has 0 bridgehead atoms. The number of anilines is 1. The second-order valence-electron chi connectivity index (χ2n) is 3.80. The van der Waals surface area contributed by atoms with Crippen molar-refractivity contribution in [1.82, 2.24) is 0 Å². The first-order valence-corrected chi connectivity index (χ1v) is 5.58. The van der Waals surface area contributed by atoms with Crippen LogP contribution in [0, 0.1) is 0 Å². The molecular formula is C12H12F3NO4. The van der Waals surface area contributed by atoms with Crippen molar-refractivity contribution in [2.75, 3.05) is 18.0 Å². The van der Waals surface area contributed by atoms with Gasteiger partial charge in [0.05, 0.1) is 13.0 Å². The van der Waals surface area contributed by atoms with E-state index in [9.17, 15) is 22.8 Å². The molecule has 8 heteroatoms. The largest absolute Gasteiger partial charge is 0.573 e. The van der Waals surface area contributed by atoms with E-state index in [0.29, 0.717) is 6.29 Å². The van der Waals surface area contributed by atoms with Gasteiger partial charge >= 0.3 is 12.3 Å². The number of nitrogens with zero attached hydrogens (tertiary/aromatic N) is 1. The third-order valence-electron chi connectivity index (χ3n) is 2.31. The maximum Gasteiger partial charge on any atom is 0.573 e. The summed E-state index contributed by atoms with van der Waals surface area (Å²) in [4.78, 5) is 22.4. The van der Waals surface area contributed by atoms with Crippen molar-refractivity contribution in [3.05, 3.63) is 24.3 Å². The number of carbonyl (C=O) groups excluding carboxylic acids is 1. The summed E-state index contributed by atoms with van der Waals surface area (Å²) in [5, 5.41) is 8.60. The highest BCUT2D eigenvalue weighted by atomic mass is 19.4. The zero-order valence-corrected chi connectivity index (χ0v) is 10.3. The van der Waals surface area contributed by atoms with Crippen LogP contribution in [-0.4, -0.2) is 36.8 Å². The Morgan fingerprint density at radius 2 is 2.10 bits per heavy atom. The zero-order chi connectivity index (χ0) is 15.2. The van der Waals surface area contributed by atoms with Gasteiger partial charge in [0.1, 0.15) is 12.0 Å². The Balaban J connectivity index is 2.87. The second-order valence-corrected chi connectivity index (χ2v) is 3.80. The average molecular weight is 291 g/mol. The molecule has 0 amide bonds. The molecule has 1 N–H and O–H groups in total. The molecule has 1 aromatic rings. The molecule has 0 radical (unpaired) electrons. The minimum atomic E-state index is -4.81. The fourth-order valence-electron chi connectivity index (χ4n) is 1.52. The number of carboxylic acid groups (broad SMARTS) is 1. The number of rotatable bonds is 7. The van der Waals surface area contributed by atoms with Gasteiger partial charge in [-0.3, -0.25) is 4.79 Å². The molecule has 1 aromatic carbocycles. The predicted molar refractivity (Wildman–Crippen MR) is 63.7 cm³/mol. The lowest BCUT2D eigenvalue weighted by Gasteiger charge is -2.22. The number of aliphatic carboxylic acids is 1. The minimum Gasteiger partial charge on any atom is -0.481 e. The van der Waals surface area contributed by atoms with Gasteiger partial charge in [-0.2, -0.15) is 0 Å². The Hall–Kier alpha value is -2.25. The Labute approximate surface area is 112 Å². The van der Waals surface area contributed by atoms with Crippen LogP contribution in [0.15, 0.2) is 24.3 Å². The summed E-state index contributed by atoms with van der Waals surface area (Å²) in [6, 6.07) is 5.01. The van der Waals surface area contributed by atoms with Crippen LogP contribution < -0.4 is 9.64 Å². The summed E-state index contributed by atoms with van der Waals surface area (Å²) in [5.74, 6) is -1.50. The standard InChI is InChI=1S/C12H12F3NO4/c13-12(14,15)20-10-3-1-2-9(8-10)16(6-7-17)5-4-11(18)19/h1-3,7-8H,4-6H2,(H,18,19). The number of halogens is 3. The lowest BCUT2D eigenvalue weighted by molar-refractivity contribution is -0.274. The van der Waals surface area contributed by atoms with Crippen LogP contribution in [-0.2, 0) is 9.59 Å². The number of hydrogen-bond acceptors (Lipinski definition) is 4. The monoisotopic (exact) mass is 291 g/mol. The first kappa shape index (κ1) is 15.8. The molecule has 0 heterocycles. The van der Waals surface area contributed by atoms with Gasteiger partial charge in [-0.15, -0.1) is 13.2 Å². The fourth-order valence-corrected chi connectivity index (χ4v) is 1.52. The zero-order valence-electron chi connectivity index (χ0n) is 10.3. The van der Waals surface area contributed by atoms with Crippen molar-refractivity contribution >= 4 is 17.9 Å². The molecule has 0 atom stereocenters. The maximum atomic E-state index is 12.1. The summed E-state index contributed by atoms with van der Waals surface area (Å²) < 4.78 is 40.1. The SMILES string of the molecule is O=CCN(CCC(=O)O)c1cccc(OC(F)(F)F)c1. The normalized spacial score (nSPS) is 10.9. The average Bonchev–Trinajstić information content (AvgIpc) is 2.32. The summed E-state index contributed by atoms with van der Waals surface area (Å²) in [5.41, 5.74) is 0.278. The van der Waals surface area contributed by atoms with E-state index in [4.69, 9.17) is 5.11 Å². The molecule has 0 spiro atoms. The number of carbonyl (C=O) groups is 2. The van der Waals surface area contributed by atoms with Crippen LogP contribution in [0.3, 0.4) is 0 Å². The molecule has 1 rings (SSSR count). The first-order valence-electron chi connectivity index (χ1n) is 5.58. The maximum absolute atomic E-state index is 12.1. The summed E-state index contributed by atoms with van der Waals surface area (Å²) in [6.45, 7) is -0.119. The van der Waals surface area contributed by atoms with Crippen LogP contribution >= 0.6 is 0 Å². The Morgan fingerprint density at radius 3 is 2.65 bits per heavy atom. The van der Waals surface area contributed by atoms with Crippen molar-refractivity contribution in [3.8, 4) is 5.75 Å². The minimum absolute atomic E-state index is 0.00352. The molecule has 0 aliphatic carbocycles. The molecule has 110 valence electrons. The van der Waals surface area contributed by atoms with Crippen molar-refractivity contribution in [1.29, 1.82) is 0 Å². The molecule has 0 aliphatic rings.